The largest absolute Gasteiger partial charge is 0.493 e. The van der Waals surface area contributed by atoms with Crippen molar-refractivity contribution in [2.24, 2.45) is 0 Å². The summed E-state index contributed by atoms with van der Waals surface area (Å²) >= 11 is 1.55. The van der Waals surface area contributed by atoms with Gasteiger partial charge in [0.2, 0.25) is 5.82 Å². The van der Waals surface area contributed by atoms with Crippen molar-refractivity contribution in [3.63, 3.8) is 0 Å². The van der Waals surface area contributed by atoms with Gasteiger partial charge in [0.05, 0.1) is 23.7 Å². The number of aromatic nitrogens is 4. The molecule has 6 heteroatoms. The minimum absolute atomic E-state index is 0.110. The normalized spacial score (nSPS) is 15.7. The first kappa shape index (κ1) is 17.4. The Labute approximate surface area is 177 Å². The molecule has 3 heterocycles. The molecule has 0 spiro atoms. The van der Waals surface area contributed by atoms with E-state index in [9.17, 15) is 0 Å². The van der Waals surface area contributed by atoms with Crippen molar-refractivity contribution in [3.05, 3.63) is 89.0 Å². The predicted molar refractivity (Wildman–Crippen MR) is 118 cm³/mol. The quantitative estimate of drug-likeness (QED) is 0.407. The smallest absolute Gasteiger partial charge is 0.201 e. The lowest BCUT2D eigenvalue weighted by Gasteiger charge is -2.25. The number of para-hydroxylation sites is 1. The fourth-order valence-corrected chi connectivity index (χ4v) is 4.61. The molecule has 146 valence electrons. The molecule has 5 nitrogen and oxygen atoms in total. The molecule has 0 fully saturated rings. The summed E-state index contributed by atoms with van der Waals surface area (Å²) in [5.74, 6) is 2.63. The monoisotopic (exact) mass is 410 g/mol. The zero-order chi connectivity index (χ0) is 19.9. The van der Waals surface area contributed by atoms with Crippen molar-refractivity contribution in [1.29, 1.82) is 0 Å². The van der Waals surface area contributed by atoms with E-state index in [1.165, 1.54) is 10.9 Å². The molecule has 1 unspecified atom stereocenters. The zero-order valence-electron chi connectivity index (χ0n) is 16.1. The van der Waals surface area contributed by atoms with Gasteiger partial charge >= 0.3 is 0 Å². The summed E-state index contributed by atoms with van der Waals surface area (Å²) in [6.45, 7) is 0.580. The highest BCUT2D eigenvalue weighted by atomic mass is 32.1. The van der Waals surface area contributed by atoms with Crippen molar-refractivity contribution < 1.29 is 4.74 Å². The Hall–Kier alpha value is -3.51. The van der Waals surface area contributed by atoms with Gasteiger partial charge in [-0.1, -0.05) is 54.6 Å². The molecule has 0 bridgehead atoms. The fourth-order valence-electron chi connectivity index (χ4n) is 4.08. The minimum atomic E-state index is 0.110. The summed E-state index contributed by atoms with van der Waals surface area (Å²) < 4.78 is 8.06. The highest BCUT2D eigenvalue weighted by molar-refractivity contribution is 7.07. The van der Waals surface area contributed by atoms with E-state index in [4.69, 9.17) is 14.8 Å². The third-order valence-corrected chi connectivity index (χ3v) is 6.12. The number of thiazole rings is 1. The van der Waals surface area contributed by atoms with E-state index < -0.39 is 0 Å². The number of nitrogens with zero attached hydrogens (tertiary/aromatic N) is 4. The third-order valence-electron chi connectivity index (χ3n) is 5.53. The summed E-state index contributed by atoms with van der Waals surface area (Å²) in [5, 5.41) is 9.21. The van der Waals surface area contributed by atoms with Crippen molar-refractivity contribution in [2.75, 3.05) is 6.61 Å². The molecule has 0 N–H and O–H groups in total. The van der Waals surface area contributed by atoms with E-state index in [0.717, 1.165) is 34.8 Å². The molecule has 6 rings (SSSR count). The standard InChI is InChI=1S/C24H18N4OS/c1-3-9-19-16(6-1)8-5-10-21(19)28-24(26-23(27-28)20-14-30-15-25-20)18-12-17-7-2-4-11-22(17)29-13-18/h1-11,14-15,18H,12-13H2. The van der Waals surface area contributed by atoms with Gasteiger partial charge in [-0.3, -0.25) is 0 Å². The average molecular weight is 411 g/mol. The van der Waals surface area contributed by atoms with Crippen LogP contribution in [0.15, 0.2) is 77.6 Å². The van der Waals surface area contributed by atoms with Crippen LogP contribution in [0.3, 0.4) is 0 Å². The highest BCUT2D eigenvalue weighted by Gasteiger charge is 2.28. The van der Waals surface area contributed by atoms with E-state index in [2.05, 4.69) is 59.6 Å². The van der Waals surface area contributed by atoms with Gasteiger partial charge < -0.3 is 4.74 Å². The molecule has 2 aromatic heterocycles. The number of benzene rings is 3. The zero-order valence-corrected chi connectivity index (χ0v) is 16.9. The van der Waals surface area contributed by atoms with Gasteiger partial charge in [-0.25, -0.2) is 14.6 Å². The average Bonchev–Trinajstić information content (AvgIpc) is 3.48. The van der Waals surface area contributed by atoms with Crippen LogP contribution in [0.1, 0.15) is 17.3 Å². The second kappa shape index (κ2) is 7.07. The van der Waals surface area contributed by atoms with Gasteiger partial charge in [0.1, 0.15) is 17.3 Å². The molecule has 0 aliphatic carbocycles. The van der Waals surface area contributed by atoms with Crippen LogP contribution in [0, 0.1) is 0 Å². The maximum atomic E-state index is 6.07. The predicted octanol–water partition coefficient (Wildman–Crippen LogP) is 5.26. The lowest BCUT2D eigenvalue weighted by atomic mass is 9.96. The van der Waals surface area contributed by atoms with E-state index in [0.29, 0.717) is 12.4 Å². The first-order valence-electron chi connectivity index (χ1n) is 9.91. The summed E-state index contributed by atoms with van der Waals surface area (Å²) in [4.78, 5) is 9.38. The Morgan fingerprint density at radius 2 is 1.83 bits per heavy atom. The summed E-state index contributed by atoms with van der Waals surface area (Å²) in [6, 6.07) is 22.9. The van der Waals surface area contributed by atoms with Crippen molar-refractivity contribution >= 4 is 22.1 Å². The van der Waals surface area contributed by atoms with Crippen LogP contribution in [0.2, 0.25) is 0 Å². The first-order chi connectivity index (χ1) is 14.9. The minimum Gasteiger partial charge on any atom is -0.493 e. The van der Waals surface area contributed by atoms with Gasteiger partial charge in [-0.05, 0) is 29.5 Å². The van der Waals surface area contributed by atoms with Crippen molar-refractivity contribution in [3.8, 4) is 23.0 Å². The Morgan fingerprint density at radius 1 is 0.967 bits per heavy atom. The van der Waals surface area contributed by atoms with E-state index in [1.54, 1.807) is 11.3 Å². The number of ether oxygens (including phenoxy) is 1. The lowest BCUT2D eigenvalue weighted by Crippen LogP contribution is -2.22. The SMILES string of the molecule is c1ccc2c(c1)CC(c1nc(-c3cscn3)nn1-c1cccc3ccccc13)CO2. The van der Waals surface area contributed by atoms with Crippen LogP contribution in [0.25, 0.3) is 28.0 Å². The van der Waals surface area contributed by atoms with Crippen molar-refractivity contribution in [1.82, 2.24) is 19.7 Å². The molecule has 30 heavy (non-hydrogen) atoms. The molecule has 0 radical (unpaired) electrons. The second-order valence-electron chi connectivity index (χ2n) is 7.40. The summed E-state index contributed by atoms with van der Waals surface area (Å²) in [5.41, 5.74) is 4.85. The molecule has 0 amide bonds. The first-order valence-corrected chi connectivity index (χ1v) is 10.9. The Kier molecular flexibility index (Phi) is 4.09. The van der Waals surface area contributed by atoms with Crippen LogP contribution in [0.5, 0.6) is 5.75 Å². The van der Waals surface area contributed by atoms with Gasteiger partial charge in [0, 0.05) is 10.8 Å². The van der Waals surface area contributed by atoms with Crippen LogP contribution >= 0.6 is 11.3 Å². The van der Waals surface area contributed by atoms with Gasteiger partial charge in [0.15, 0.2) is 0 Å². The molecule has 1 aliphatic heterocycles. The molecule has 5 aromatic rings. The maximum absolute atomic E-state index is 6.07. The number of fused-ring (bicyclic) bond motifs is 2. The number of hydrogen-bond acceptors (Lipinski definition) is 5. The molecule has 0 saturated heterocycles. The third kappa shape index (κ3) is 2.88. The Balaban J connectivity index is 1.52. The Morgan fingerprint density at radius 3 is 2.77 bits per heavy atom. The number of hydrogen-bond donors (Lipinski definition) is 0. The van der Waals surface area contributed by atoms with Gasteiger partial charge in [-0.2, -0.15) is 0 Å². The Bertz CT molecular complexity index is 1340. The van der Waals surface area contributed by atoms with Gasteiger partial charge in [-0.15, -0.1) is 16.4 Å². The lowest BCUT2D eigenvalue weighted by molar-refractivity contribution is 0.256. The molecule has 3 aromatic carbocycles. The van der Waals surface area contributed by atoms with Crippen LogP contribution in [-0.2, 0) is 6.42 Å². The molecule has 1 atom stereocenters. The maximum Gasteiger partial charge on any atom is 0.201 e. The topological polar surface area (TPSA) is 52.8 Å². The fraction of sp³-hybridized carbons (Fsp3) is 0.125. The van der Waals surface area contributed by atoms with Crippen molar-refractivity contribution in [2.45, 2.75) is 12.3 Å². The van der Waals surface area contributed by atoms with Crippen LogP contribution < -0.4 is 4.74 Å². The van der Waals surface area contributed by atoms with E-state index in [-0.39, 0.29) is 5.92 Å². The number of rotatable bonds is 3. The molecule has 0 saturated carbocycles. The molecular weight excluding hydrogens is 392 g/mol. The van der Waals surface area contributed by atoms with E-state index >= 15 is 0 Å². The van der Waals surface area contributed by atoms with Gasteiger partial charge in [0.25, 0.3) is 0 Å². The summed E-state index contributed by atoms with van der Waals surface area (Å²) in [7, 11) is 0. The second-order valence-corrected chi connectivity index (χ2v) is 8.12. The molecule has 1 aliphatic rings. The van der Waals surface area contributed by atoms with Crippen LogP contribution in [0.4, 0.5) is 0 Å². The summed E-state index contributed by atoms with van der Waals surface area (Å²) in [6.07, 6.45) is 0.871. The van der Waals surface area contributed by atoms with E-state index in [1.807, 2.05) is 27.7 Å². The van der Waals surface area contributed by atoms with Crippen LogP contribution in [-0.4, -0.2) is 26.4 Å². The molecular formula is C24H18N4OS. The highest BCUT2D eigenvalue weighted by Crippen LogP contribution is 2.34.